The van der Waals surface area contributed by atoms with Crippen LogP contribution in [0, 0.1) is 12.8 Å². The average molecular weight is 289 g/mol. The van der Waals surface area contributed by atoms with Crippen molar-refractivity contribution in [2.45, 2.75) is 46.5 Å². The topological polar surface area (TPSA) is 38.3 Å². The molecule has 0 unspecified atom stereocenters. The summed E-state index contributed by atoms with van der Waals surface area (Å²) in [6, 6.07) is 4.13. The van der Waals surface area contributed by atoms with Gasteiger partial charge in [0.1, 0.15) is 5.75 Å². The van der Waals surface area contributed by atoms with Gasteiger partial charge in [0.25, 0.3) is 0 Å². The Morgan fingerprint density at radius 2 is 2.14 bits per heavy atom. The van der Waals surface area contributed by atoms with Crippen LogP contribution in [0.15, 0.2) is 12.1 Å². The minimum Gasteiger partial charge on any atom is -0.492 e. The molecule has 0 radical (unpaired) electrons. The predicted octanol–water partition coefficient (Wildman–Crippen LogP) is 3.70. The summed E-state index contributed by atoms with van der Waals surface area (Å²) < 4.78 is 5.92. The van der Waals surface area contributed by atoms with Gasteiger partial charge in [0.15, 0.2) is 5.78 Å². The van der Waals surface area contributed by atoms with Crippen LogP contribution in [0.2, 0.25) is 0 Å². The van der Waals surface area contributed by atoms with Crippen molar-refractivity contribution in [3.05, 3.63) is 28.8 Å². The lowest BCUT2D eigenvalue weighted by atomic mass is 9.86. The van der Waals surface area contributed by atoms with Crippen LogP contribution >= 0.6 is 0 Å². The van der Waals surface area contributed by atoms with Crippen LogP contribution < -0.4 is 10.1 Å². The van der Waals surface area contributed by atoms with Crippen LogP contribution in [-0.2, 0) is 0 Å². The maximum absolute atomic E-state index is 12.8. The highest BCUT2D eigenvalue weighted by molar-refractivity contribution is 6.03. The molecule has 0 saturated carbocycles. The zero-order valence-corrected chi connectivity index (χ0v) is 13.7. The van der Waals surface area contributed by atoms with E-state index in [2.05, 4.69) is 38.2 Å². The van der Waals surface area contributed by atoms with Crippen LogP contribution in [0.4, 0.5) is 0 Å². The van der Waals surface area contributed by atoms with E-state index in [9.17, 15) is 4.79 Å². The number of ketones is 1. The molecular weight excluding hydrogens is 262 g/mol. The lowest BCUT2D eigenvalue weighted by Gasteiger charge is -2.28. The minimum atomic E-state index is -0.0614. The number of nitrogens with one attached hydrogen (secondary N) is 1. The van der Waals surface area contributed by atoms with Crippen LogP contribution in [0.5, 0.6) is 5.75 Å². The van der Waals surface area contributed by atoms with Crippen LogP contribution in [0.1, 0.15) is 61.0 Å². The smallest absolute Gasteiger partial charge is 0.174 e. The van der Waals surface area contributed by atoms with Crippen molar-refractivity contribution in [3.63, 3.8) is 0 Å². The summed E-state index contributed by atoms with van der Waals surface area (Å²) in [7, 11) is 0. The van der Waals surface area contributed by atoms with Crippen molar-refractivity contribution in [1.29, 1.82) is 0 Å². The Kier molecular flexibility index (Phi) is 5.40. The molecule has 0 aromatic heterocycles. The maximum atomic E-state index is 12.8. The Morgan fingerprint density at radius 1 is 1.38 bits per heavy atom. The largest absolute Gasteiger partial charge is 0.492 e. The Labute approximate surface area is 128 Å². The maximum Gasteiger partial charge on any atom is 0.174 e. The number of carbonyl (C=O) groups excluding carboxylic acids is 1. The van der Waals surface area contributed by atoms with Crippen molar-refractivity contribution in [2.75, 3.05) is 19.7 Å². The SMILES string of the molecule is CCCCNC[C@H]1COc2c(C)ccc(C(C)C)c2C1=O. The van der Waals surface area contributed by atoms with E-state index in [4.69, 9.17) is 4.74 Å². The van der Waals surface area contributed by atoms with Crippen molar-refractivity contribution in [2.24, 2.45) is 5.92 Å². The lowest BCUT2D eigenvalue weighted by molar-refractivity contribution is 0.0826. The molecule has 116 valence electrons. The molecule has 0 aliphatic carbocycles. The highest BCUT2D eigenvalue weighted by Gasteiger charge is 2.32. The van der Waals surface area contributed by atoms with Crippen LogP contribution in [-0.4, -0.2) is 25.5 Å². The molecule has 1 heterocycles. The fraction of sp³-hybridized carbons (Fsp3) is 0.611. The monoisotopic (exact) mass is 289 g/mol. The van der Waals surface area contributed by atoms with Gasteiger partial charge >= 0.3 is 0 Å². The second-order valence-electron chi connectivity index (χ2n) is 6.26. The summed E-state index contributed by atoms with van der Waals surface area (Å²) in [6.07, 6.45) is 2.32. The van der Waals surface area contributed by atoms with E-state index in [-0.39, 0.29) is 11.7 Å². The van der Waals surface area contributed by atoms with Gasteiger partial charge in [-0.1, -0.05) is 39.3 Å². The number of benzene rings is 1. The lowest BCUT2D eigenvalue weighted by Crippen LogP contribution is -2.37. The van der Waals surface area contributed by atoms with Gasteiger partial charge in [0, 0.05) is 6.54 Å². The van der Waals surface area contributed by atoms with E-state index < -0.39 is 0 Å². The number of Topliss-reactive ketones (excluding diaryl/α,β-unsaturated/α-hetero) is 1. The molecule has 21 heavy (non-hydrogen) atoms. The van der Waals surface area contributed by atoms with Crippen molar-refractivity contribution < 1.29 is 9.53 Å². The fourth-order valence-electron chi connectivity index (χ4n) is 2.82. The molecule has 1 N–H and O–H groups in total. The molecule has 1 aliphatic rings. The van der Waals surface area contributed by atoms with Crippen LogP contribution in [0.3, 0.4) is 0 Å². The molecule has 2 rings (SSSR count). The highest BCUT2D eigenvalue weighted by Crippen LogP contribution is 2.36. The third-order valence-electron chi connectivity index (χ3n) is 4.15. The summed E-state index contributed by atoms with van der Waals surface area (Å²) in [4.78, 5) is 12.8. The van der Waals surface area contributed by atoms with Gasteiger partial charge < -0.3 is 10.1 Å². The van der Waals surface area contributed by atoms with Gasteiger partial charge in [-0.15, -0.1) is 0 Å². The molecule has 3 nitrogen and oxygen atoms in total. The normalized spacial score (nSPS) is 17.8. The molecule has 0 bridgehead atoms. The predicted molar refractivity (Wildman–Crippen MR) is 86.4 cm³/mol. The summed E-state index contributed by atoms with van der Waals surface area (Å²) in [6.45, 7) is 10.6. The van der Waals surface area contributed by atoms with Crippen molar-refractivity contribution >= 4 is 5.78 Å². The molecule has 0 saturated heterocycles. The van der Waals surface area contributed by atoms with Gasteiger partial charge in [-0.3, -0.25) is 4.79 Å². The Morgan fingerprint density at radius 3 is 2.81 bits per heavy atom. The third kappa shape index (κ3) is 3.46. The van der Waals surface area contributed by atoms with Gasteiger partial charge in [-0.05, 0) is 36.9 Å². The number of aryl methyl sites for hydroxylation is 1. The number of rotatable bonds is 6. The van der Waals surface area contributed by atoms with Crippen molar-refractivity contribution in [3.8, 4) is 5.75 Å². The first-order valence-corrected chi connectivity index (χ1v) is 8.07. The van der Waals surface area contributed by atoms with Gasteiger partial charge in [0.05, 0.1) is 18.1 Å². The Balaban J connectivity index is 2.19. The molecule has 1 atom stereocenters. The minimum absolute atomic E-state index is 0.0614. The number of unbranched alkanes of at least 4 members (excludes halogenated alkanes) is 1. The van der Waals surface area contributed by atoms with E-state index >= 15 is 0 Å². The first-order chi connectivity index (χ1) is 10.1. The molecule has 0 amide bonds. The zero-order valence-electron chi connectivity index (χ0n) is 13.7. The van der Waals surface area contributed by atoms with E-state index in [0.29, 0.717) is 19.1 Å². The number of carbonyl (C=O) groups is 1. The van der Waals surface area contributed by atoms with Crippen molar-refractivity contribution in [1.82, 2.24) is 5.32 Å². The number of hydrogen-bond acceptors (Lipinski definition) is 3. The summed E-state index contributed by atoms with van der Waals surface area (Å²) in [5.74, 6) is 1.32. The molecule has 1 aliphatic heterocycles. The highest BCUT2D eigenvalue weighted by atomic mass is 16.5. The standard InChI is InChI=1S/C18H27NO2/c1-5-6-9-19-10-14-11-21-18-13(4)7-8-15(12(2)3)16(18)17(14)20/h7-8,12,14,19H,5-6,9-11H2,1-4H3/t14-/m0/s1. The van der Waals surface area contributed by atoms with Gasteiger partial charge in [0.2, 0.25) is 0 Å². The van der Waals surface area contributed by atoms with E-state index in [1.54, 1.807) is 0 Å². The first kappa shape index (κ1) is 16.0. The number of fused-ring (bicyclic) bond motifs is 1. The van der Waals surface area contributed by atoms with E-state index in [1.807, 2.05) is 6.92 Å². The van der Waals surface area contributed by atoms with E-state index in [1.165, 1.54) is 6.42 Å². The molecule has 0 spiro atoms. The number of ether oxygens (including phenoxy) is 1. The summed E-state index contributed by atoms with van der Waals surface area (Å²) in [5.41, 5.74) is 2.98. The van der Waals surface area contributed by atoms with Crippen LogP contribution in [0.25, 0.3) is 0 Å². The second-order valence-corrected chi connectivity index (χ2v) is 6.26. The van der Waals surface area contributed by atoms with E-state index in [0.717, 1.165) is 35.4 Å². The first-order valence-electron chi connectivity index (χ1n) is 8.07. The zero-order chi connectivity index (χ0) is 15.4. The average Bonchev–Trinajstić information content (AvgIpc) is 2.46. The molecule has 1 aromatic carbocycles. The fourth-order valence-corrected chi connectivity index (χ4v) is 2.82. The van der Waals surface area contributed by atoms with Gasteiger partial charge in [-0.25, -0.2) is 0 Å². The number of hydrogen-bond donors (Lipinski definition) is 1. The van der Waals surface area contributed by atoms with Gasteiger partial charge in [-0.2, -0.15) is 0 Å². The summed E-state index contributed by atoms with van der Waals surface area (Å²) >= 11 is 0. The molecule has 3 heteroatoms. The second kappa shape index (κ2) is 7.08. The molecule has 0 fully saturated rings. The molecule has 1 aromatic rings. The summed E-state index contributed by atoms with van der Waals surface area (Å²) in [5, 5.41) is 3.38. The quantitative estimate of drug-likeness (QED) is 0.812. The Bertz CT molecular complexity index is 508. The molecular formula is C18H27NO2. The Hall–Kier alpha value is -1.35. The third-order valence-corrected chi connectivity index (χ3v) is 4.15.